The molecule has 2 fully saturated rings. The van der Waals surface area contributed by atoms with E-state index in [1.165, 1.54) is 31.2 Å². The Morgan fingerprint density at radius 2 is 2.11 bits per heavy atom. The van der Waals surface area contributed by atoms with E-state index >= 15 is 0 Å². The van der Waals surface area contributed by atoms with E-state index in [9.17, 15) is 0 Å². The second-order valence-electron chi connectivity index (χ2n) is 6.04. The summed E-state index contributed by atoms with van der Waals surface area (Å²) in [5, 5.41) is 5.18. The number of halogens is 2. The molecule has 104 valence electrons. The standard InChI is InChI=1S/C16H21Cl2N/c1-2-19-16(13-6-5-12(17)9-15(13)18)14-8-10-3-4-11(14)7-10/h5-6,9-11,14,16,19H,2-4,7-8H2,1H3. The van der Waals surface area contributed by atoms with Crippen LogP contribution in [0.4, 0.5) is 0 Å². The van der Waals surface area contributed by atoms with Crippen molar-refractivity contribution >= 4 is 23.2 Å². The molecule has 0 spiro atoms. The molecule has 0 aromatic heterocycles. The summed E-state index contributed by atoms with van der Waals surface area (Å²) < 4.78 is 0. The van der Waals surface area contributed by atoms with Gasteiger partial charge in [0.2, 0.25) is 0 Å². The quantitative estimate of drug-likeness (QED) is 0.817. The Morgan fingerprint density at radius 3 is 2.68 bits per heavy atom. The fourth-order valence-electron chi connectivity index (χ4n) is 4.17. The molecule has 1 nitrogen and oxygen atoms in total. The molecular formula is C16H21Cl2N. The van der Waals surface area contributed by atoms with Crippen molar-refractivity contribution in [2.75, 3.05) is 6.54 Å². The van der Waals surface area contributed by atoms with Gasteiger partial charge in [0, 0.05) is 16.1 Å². The van der Waals surface area contributed by atoms with Crippen LogP contribution in [0.5, 0.6) is 0 Å². The first kappa shape index (κ1) is 13.7. The number of hydrogen-bond acceptors (Lipinski definition) is 1. The van der Waals surface area contributed by atoms with Crippen molar-refractivity contribution in [2.24, 2.45) is 17.8 Å². The van der Waals surface area contributed by atoms with Crippen LogP contribution in [0.1, 0.15) is 44.2 Å². The first-order chi connectivity index (χ1) is 9.19. The minimum atomic E-state index is 0.394. The van der Waals surface area contributed by atoms with Crippen molar-refractivity contribution < 1.29 is 0 Å². The number of hydrogen-bond donors (Lipinski definition) is 1. The Balaban J connectivity index is 1.88. The summed E-state index contributed by atoms with van der Waals surface area (Å²) in [5.41, 5.74) is 1.23. The maximum absolute atomic E-state index is 6.42. The highest BCUT2D eigenvalue weighted by Crippen LogP contribution is 2.53. The molecule has 0 heterocycles. The van der Waals surface area contributed by atoms with E-state index in [0.717, 1.165) is 34.3 Å². The fourth-order valence-corrected chi connectivity index (χ4v) is 4.69. The van der Waals surface area contributed by atoms with Crippen molar-refractivity contribution in [1.29, 1.82) is 0 Å². The first-order valence-corrected chi connectivity index (χ1v) is 8.13. The van der Waals surface area contributed by atoms with Crippen LogP contribution in [0.25, 0.3) is 0 Å². The molecule has 0 saturated heterocycles. The van der Waals surface area contributed by atoms with E-state index in [4.69, 9.17) is 23.2 Å². The summed E-state index contributed by atoms with van der Waals surface area (Å²) in [6.07, 6.45) is 5.63. The molecule has 0 aliphatic heterocycles. The van der Waals surface area contributed by atoms with Gasteiger partial charge in [0.15, 0.2) is 0 Å². The zero-order valence-electron chi connectivity index (χ0n) is 11.3. The SMILES string of the molecule is CCNC(c1ccc(Cl)cc1Cl)C1CC2CCC1C2. The predicted molar refractivity (Wildman–Crippen MR) is 81.8 cm³/mol. The third-order valence-electron chi connectivity index (χ3n) is 4.94. The summed E-state index contributed by atoms with van der Waals surface area (Å²) in [6, 6.07) is 6.32. The Hall–Kier alpha value is -0.240. The van der Waals surface area contributed by atoms with Crippen LogP contribution < -0.4 is 5.32 Å². The van der Waals surface area contributed by atoms with Crippen molar-refractivity contribution in [1.82, 2.24) is 5.32 Å². The van der Waals surface area contributed by atoms with Gasteiger partial charge in [-0.15, -0.1) is 0 Å². The molecule has 1 N–H and O–H groups in total. The average Bonchev–Trinajstić information content (AvgIpc) is 2.99. The second kappa shape index (κ2) is 5.63. The molecule has 2 aliphatic carbocycles. The van der Waals surface area contributed by atoms with Crippen LogP contribution in [0.15, 0.2) is 18.2 Å². The highest BCUT2D eigenvalue weighted by Gasteiger charge is 2.43. The molecule has 4 unspecified atom stereocenters. The molecular weight excluding hydrogens is 277 g/mol. The third-order valence-corrected chi connectivity index (χ3v) is 5.50. The van der Waals surface area contributed by atoms with Gasteiger partial charge in [0.1, 0.15) is 0 Å². The Bertz CT molecular complexity index is 460. The smallest absolute Gasteiger partial charge is 0.0468 e. The van der Waals surface area contributed by atoms with Crippen molar-refractivity contribution in [3.05, 3.63) is 33.8 Å². The van der Waals surface area contributed by atoms with Gasteiger partial charge >= 0.3 is 0 Å². The maximum Gasteiger partial charge on any atom is 0.0468 e. The van der Waals surface area contributed by atoms with E-state index in [1.807, 2.05) is 12.1 Å². The van der Waals surface area contributed by atoms with Gasteiger partial charge in [0.05, 0.1) is 0 Å². The van der Waals surface area contributed by atoms with Crippen LogP contribution >= 0.6 is 23.2 Å². The minimum Gasteiger partial charge on any atom is -0.310 e. The summed E-state index contributed by atoms with van der Waals surface area (Å²) in [5.74, 6) is 2.60. The summed E-state index contributed by atoms with van der Waals surface area (Å²) in [6.45, 7) is 3.15. The minimum absolute atomic E-state index is 0.394. The van der Waals surface area contributed by atoms with Gasteiger partial charge in [-0.25, -0.2) is 0 Å². The van der Waals surface area contributed by atoms with Gasteiger partial charge in [-0.3, -0.25) is 0 Å². The van der Waals surface area contributed by atoms with Crippen molar-refractivity contribution in [3.63, 3.8) is 0 Å². The molecule has 1 aromatic carbocycles. The lowest BCUT2D eigenvalue weighted by Gasteiger charge is -2.32. The van der Waals surface area contributed by atoms with Crippen LogP contribution in [-0.4, -0.2) is 6.54 Å². The predicted octanol–water partition coefficient (Wildman–Crippen LogP) is 5.08. The second-order valence-corrected chi connectivity index (χ2v) is 6.88. The molecule has 2 aliphatic rings. The Labute approximate surface area is 125 Å². The number of benzene rings is 1. The molecule has 4 atom stereocenters. The Morgan fingerprint density at radius 1 is 1.26 bits per heavy atom. The summed E-state index contributed by atoms with van der Waals surface area (Å²) in [4.78, 5) is 0. The van der Waals surface area contributed by atoms with Crippen LogP contribution in [-0.2, 0) is 0 Å². The van der Waals surface area contributed by atoms with Gasteiger partial charge in [-0.1, -0.05) is 42.6 Å². The fraction of sp³-hybridized carbons (Fsp3) is 0.625. The molecule has 0 amide bonds. The number of rotatable bonds is 4. The van der Waals surface area contributed by atoms with Gasteiger partial charge in [-0.05, 0) is 61.3 Å². The largest absolute Gasteiger partial charge is 0.310 e. The topological polar surface area (TPSA) is 12.0 Å². The lowest BCUT2D eigenvalue weighted by molar-refractivity contribution is 0.253. The molecule has 19 heavy (non-hydrogen) atoms. The molecule has 2 saturated carbocycles. The average molecular weight is 298 g/mol. The van der Waals surface area contributed by atoms with Gasteiger partial charge in [0.25, 0.3) is 0 Å². The van der Waals surface area contributed by atoms with Crippen LogP contribution in [0.3, 0.4) is 0 Å². The summed E-state index contributed by atoms with van der Waals surface area (Å²) >= 11 is 12.4. The van der Waals surface area contributed by atoms with Gasteiger partial charge < -0.3 is 5.32 Å². The van der Waals surface area contributed by atoms with E-state index in [1.54, 1.807) is 0 Å². The van der Waals surface area contributed by atoms with E-state index in [0.29, 0.717) is 6.04 Å². The summed E-state index contributed by atoms with van der Waals surface area (Å²) in [7, 11) is 0. The lowest BCUT2D eigenvalue weighted by Crippen LogP contribution is -2.31. The monoisotopic (exact) mass is 297 g/mol. The lowest BCUT2D eigenvalue weighted by atomic mass is 9.80. The van der Waals surface area contributed by atoms with Gasteiger partial charge in [-0.2, -0.15) is 0 Å². The normalized spacial score (nSPS) is 30.8. The van der Waals surface area contributed by atoms with E-state index < -0.39 is 0 Å². The van der Waals surface area contributed by atoms with Crippen LogP contribution in [0, 0.1) is 17.8 Å². The van der Waals surface area contributed by atoms with Crippen molar-refractivity contribution in [2.45, 2.75) is 38.6 Å². The zero-order valence-corrected chi connectivity index (χ0v) is 12.8. The first-order valence-electron chi connectivity index (χ1n) is 7.37. The van der Waals surface area contributed by atoms with Crippen molar-refractivity contribution in [3.8, 4) is 0 Å². The van der Waals surface area contributed by atoms with Crippen LogP contribution in [0.2, 0.25) is 10.0 Å². The number of nitrogens with one attached hydrogen (secondary N) is 1. The maximum atomic E-state index is 6.42. The third kappa shape index (κ3) is 2.66. The highest BCUT2D eigenvalue weighted by atomic mass is 35.5. The van der Waals surface area contributed by atoms with E-state index in [2.05, 4.69) is 18.3 Å². The van der Waals surface area contributed by atoms with E-state index in [-0.39, 0.29) is 0 Å². The number of fused-ring (bicyclic) bond motifs is 2. The highest BCUT2D eigenvalue weighted by molar-refractivity contribution is 6.35. The molecule has 1 aromatic rings. The molecule has 2 bridgehead atoms. The molecule has 0 radical (unpaired) electrons. The molecule has 3 rings (SSSR count). The zero-order chi connectivity index (χ0) is 13.4. The molecule has 3 heteroatoms. The Kier molecular flexibility index (Phi) is 4.07.